The van der Waals surface area contributed by atoms with Crippen LogP contribution in [-0.4, -0.2) is 47.4 Å². The minimum absolute atomic E-state index is 0.0486. The molecule has 0 unspecified atom stereocenters. The second-order valence-corrected chi connectivity index (χ2v) is 3.45. The number of hydrogen-bond acceptors (Lipinski definition) is 5. The molecule has 2 N–H and O–H groups in total. The zero-order valence-corrected chi connectivity index (χ0v) is 8.72. The fourth-order valence-electron chi connectivity index (χ4n) is 1.44. The number of nitrogens with zero attached hydrogens (tertiary/aromatic N) is 2. The van der Waals surface area contributed by atoms with Crippen molar-refractivity contribution in [2.75, 3.05) is 31.7 Å². The van der Waals surface area contributed by atoms with Crippen molar-refractivity contribution >= 4 is 11.7 Å². The molecule has 86 valence electrons. The zero-order valence-electron chi connectivity index (χ0n) is 8.72. The third-order valence-electron chi connectivity index (χ3n) is 2.28. The van der Waals surface area contributed by atoms with Gasteiger partial charge in [-0.15, -0.1) is 0 Å². The van der Waals surface area contributed by atoms with Crippen molar-refractivity contribution in [2.24, 2.45) is 0 Å². The molecule has 6 nitrogen and oxygen atoms in total. The normalized spacial score (nSPS) is 17.0. The number of hydrogen-bond donors (Lipinski definition) is 2. The van der Waals surface area contributed by atoms with E-state index in [1.54, 1.807) is 6.07 Å². The van der Waals surface area contributed by atoms with E-state index in [-0.39, 0.29) is 5.69 Å². The molecule has 0 spiro atoms. The van der Waals surface area contributed by atoms with E-state index >= 15 is 0 Å². The Morgan fingerprint density at radius 1 is 1.44 bits per heavy atom. The number of nitrogens with one attached hydrogen (secondary N) is 1. The van der Waals surface area contributed by atoms with E-state index < -0.39 is 5.97 Å². The van der Waals surface area contributed by atoms with Crippen LogP contribution in [0.15, 0.2) is 18.3 Å². The molecular formula is C10H13N3O3. The second-order valence-electron chi connectivity index (χ2n) is 3.45. The van der Waals surface area contributed by atoms with Crippen molar-refractivity contribution < 1.29 is 14.6 Å². The molecule has 1 aromatic heterocycles. The maximum absolute atomic E-state index is 10.6. The Morgan fingerprint density at radius 2 is 2.19 bits per heavy atom. The number of aromatic nitrogens is 1. The summed E-state index contributed by atoms with van der Waals surface area (Å²) in [6, 6.07) is 3.18. The van der Waals surface area contributed by atoms with Crippen LogP contribution in [0.3, 0.4) is 0 Å². The molecule has 1 aliphatic heterocycles. The van der Waals surface area contributed by atoms with Crippen LogP contribution < -0.4 is 5.43 Å². The number of morpholine rings is 1. The number of carbonyl (C=O) groups is 1. The summed E-state index contributed by atoms with van der Waals surface area (Å²) in [6.07, 6.45) is 1.51. The van der Waals surface area contributed by atoms with E-state index in [9.17, 15) is 4.79 Å². The van der Waals surface area contributed by atoms with Crippen LogP contribution in [0.1, 0.15) is 10.5 Å². The van der Waals surface area contributed by atoms with Gasteiger partial charge in [0.05, 0.1) is 25.1 Å². The van der Waals surface area contributed by atoms with E-state index in [2.05, 4.69) is 10.4 Å². The van der Waals surface area contributed by atoms with Gasteiger partial charge in [-0.3, -0.25) is 0 Å². The van der Waals surface area contributed by atoms with Crippen LogP contribution in [0.25, 0.3) is 0 Å². The molecule has 0 aromatic carbocycles. The quantitative estimate of drug-likeness (QED) is 0.774. The van der Waals surface area contributed by atoms with E-state index in [4.69, 9.17) is 9.84 Å². The molecule has 0 atom stereocenters. The zero-order chi connectivity index (χ0) is 11.4. The summed E-state index contributed by atoms with van der Waals surface area (Å²) in [5.41, 5.74) is 3.98. The molecule has 1 aromatic rings. The molecule has 2 rings (SSSR count). The molecule has 0 radical (unpaired) electrons. The van der Waals surface area contributed by atoms with Crippen LogP contribution in [0.2, 0.25) is 0 Å². The highest BCUT2D eigenvalue weighted by molar-refractivity contribution is 5.85. The van der Waals surface area contributed by atoms with Gasteiger partial charge in [-0.25, -0.2) is 14.8 Å². The fraction of sp³-hybridized carbons (Fsp3) is 0.400. The summed E-state index contributed by atoms with van der Waals surface area (Å²) < 4.78 is 5.21. The number of aromatic carboxylic acids is 1. The highest BCUT2D eigenvalue weighted by atomic mass is 16.5. The molecule has 1 fully saturated rings. The lowest BCUT2D eigenvalue weighted by molar-refractivity contribution is 0.0497. The lowest BCUT2D eigenvalue weighted by atomic mass is 10.3. The third kappa shape index (κ3) is 2.68. The topological polar surface area (TPSA) is 74.7 Å². The largest absolute Gasteiger partial charge is 0.477 e. The molecule has 0 bridgehead atoms. The first kappa shape index (κ1) is 10.8. The van der Waals surface area contributed by atoms with Gasteiger partial charge in [-0.2, -0.15) is 0 Å². The molecule has 1 aliphatic rings. The smallest absolute Gasteiger partial charge is 0.354 e. The van der Waals surface area contributed by atoms with Gasteiger partial charge in [0, 0.05) is 13.1 Å². The number of rotatable bonds is 3. The first-order chi connectivity index (χ1) is 7.75. The number of carboxylic acids is 1. The number of carboxylic acid groups (broad SMARTS) is 1. The Labute approximate surface area is 92.8 Å². The molecule has 2 heterocycles. The summed E-state index contributed by atoms with van der Waals surface area (Å²) in [5.74, 6) is -1.02. The van der Waals surface area contributed by atoms with Crippen molar-refractivity contribution in [3.05, 3.63) is 24.0 Å². The van der Waals surface area contributed by atoms with Crippen LogP contribution >= 0.6 is 0 Å². The molecule has 16 heavy (non-hydrogen) atoms. The molecule has 0 saturated carbocycles. The average molecular weight is 223 g/mol. The molecular weight excluding hydrogens is 210 g/mol. The fourth-order valence-corrected chi connectivity index (χ4v) is 1.44. The van der Waals surface area contributed by atoms with Crippen LogP contribution in [0, 0.1) is 0 Å². The first-order valence-electron chi connectivity index (χ1n) is 5.04. The summed E-state index contributed by atoms with van der Waals surface area (Å²) in [6.45, 7) is 3.02. The van der Waals surface area contributed by atoms with Gasteiger partial charge in [0.15, 0.2) is 0 Å². The Bertz CT molecular complexity index is 360. The lowest BCUT2D eigenvalue weighted by Crippen LogP contribution is -2.40. The lowest BCUT2D eigenvalue weighted by Gasteiger charge is -2.27. The third-order valence-corrected chi connectivity index (χ3v) is 2.28. The van der Waals surface area contributed by atoms with Crippen LogP contribution in [-0.2, 0) is 4.74 Å². The van der Waals surface area contributed by atoms with E-state index in [1.807, 2.05) is 5.01 Å². The summed E-state index contributed by atoms with van der Waals surface area (Å²) in [7, 11) is 0. The van der Waals surface area contributed by atoms with Gasteiger partial charge in [0.25, 0.3) is 0 Å². The molecule has 0 amide bonds. The molecule has 0 aliphatic carbocycles. The van der Waals surface area contributed by atoms with Crippen LogP contribution in [0.4, 0.5) is 5.69 Å². The van der Waals surface area contributed by atoms with Crippen LogP contribution in [0.5, 0.6) is 0 Å². The highest BCUT2D eigenvalue weighted by Gasteiger charge is 2.10. The first-order valence-corrected chi connectivity index (χ1v) is 5.04. The predicted octanol–water partition coefficient (Wildman–Crippen LogP) is 0.439. The molecule has 1 saturated heterocycles. The summed E-state index contributed by atoms with van der Waals surface area (Å²) >= 11 is 0. The van der Waals surface area contributed by atoms with E-state index in [0.717, 1.165) is 18.8 Å². The number of ether oxygens (including phenoxy) is 1. The Balaban J connectivity index is 1.96. The van der Waals surface area contributed by atoms with Gasteiger partial charge in [-0.1, -0.05) is 0 Å². The van der Waals surface area contributed by atoms with Gasteiger partial charge in [-0.05, 0) is 12.1 Å². The van der Waals surface area contributed by atoms with Gasteiger partial charge in [0.1, 0.15) is 5.69 Å². The Hall–Kier alpha value is -1.66. The summed E-state index contributed by atoms with van der Waals surface area (Å²) in [4.78, 5) is 14.4. The number of anilines is 1. The minimum atomic E-state index is -1.02. The monoisotopic (exact) mass is 223 g/mol. The maximum Gasteiger partial charge on any atom is 0.354 e. The van der Waals surface area contributed by atoms with Crippen molar-refractivity contribution in [1.29, 1.82) is 0 Å². The number of hydrazine groups is 1. The maximum atomic E-state index is 10.6. The van der Waals surface area contributed by atoms with Crippen molar-refractivity contribution in [2.45, 2.75) is 0 Å². The average Bonchev–Trinajstić information content (AvgIpc) is 2.31. The number of pyridine rings is 1. The summed E-state index contributed by atoms with van der Waals surface area (Å²) in [5, 5.41) is 10.7. The van der Waals surface area contributed by atoms with Gasteiger partial charge >= 0.3 is 5.97 Å². The second kappa shape index (κ2) is 4.91. The standard InChI is InChI=1S/C10H13N3O3/c14-10(15)9-2-1-8(7-11-9)12-13-3-5-16-6-4-13/h1-2,7,12H,3-6H2,(H,14,15). The van der Waals surface area contributed by atoms with Gasteiger partial charge < -0.3 is 15.3 Å². The SMILES string of the molecule is O=C(O)c1ccc(NN2CCOCC2)cn1. The van der Waals surface area contributed by atoms with E-state index in [0.29, 0.717) is 13.2 Å². The van der Waals surface area contributed by atoms with Crippen molar-refractivity contribution in [1.82, 2.24) is 9.99 Å². The molecule has 6 heteroatoms. The van der Waals surface area contributed by atoms with E-state index in [1.165, 1.54) is 12.3 Å². The van der Waals surface area contributed by atoms with Crippen molar-refractivity contribution in [3.63, 3.8) is 0 Å². The Morgan fingerprint density at radius 3 is 2.75 bits per heavy atom. The van der Waals surface area contributed by atoms with Gasteiger partial charge in [0.2, 0.25) is 0 Å². The predicted molar refractivity (Wildman–Crippen MR) is 57.2 cm³/mol. The Kier molecular flexibility index (Phi) is 3.33. The van der Waals surface area contributed by atoms with Crippen molar-refractivity contribution in [3.8, 4) is 0 Å². The minimum Gasteiger partial charge on any atom is -0.477 e. The highest BCUT2D eigenvalue weighted by Crippen LogP contribution is 2.08.